The molecule has 0 bridgehead atoms. The fraction of sp³-hybridized carbons (Fsp3) is 0.400. The molecule has 6 heteroatoms. The van der Waals surface area contributed by atoms with Gasteiger partial charge in [-0.1, -0.05) is 0 Å². The second-order valence-corrected chi connectivity index (χ2v) is 3.43. The van der Waals surface area contributed by atoms with Crippen LogP contribution in [0.2, 0.25) is 0 Å². The Kier molecular flexibility index (Phi) is 4.30. The Bertz CT molecular complexity index is 354. The average Bonchev–Trinajstić information content (AvgIpc) is 2.16. The molecule has 0 radical (unpaired) electrons. The number of nitrogens with zero attached hydrogens (tertiary/aromatic N) is 2. The van der Waals surface area contributed by atoms with Gasteiger partial charge < -0.3 is 5.11 Å². The van der Waals surface area contributed by atoms with Gasteiger partial charge in [0.1, 0.15) is 0 Å². The number of alkyl halides is 2. The minimum Gasteiger partial charge on any atom is -0.478 e. The van der Waals surface area contributed by atoms with Crippen LogP contribution in [-0.2, 0) is 6.54 Å². The fourth-order valence-electron chi connectivity index (χ4n) is 1.22. The molecule has 0 unspecified atom stereocenters. The number of aromatic carboxylic acids is 1. The maximum atomic E-state index is 12.0. The molecule has 1 rings (SSSR count). The molecular weight excluding hydrogens is 218 g/mol. The van der Waals surface area contributed by atoms with E-state index in [-0.39, 0.29) is 18.7 Å². The second-order valence-electron chi connectivity index (χ2n) is 3.43. The highest BCUT2D eigenvalue weighted by Gasteiger charge is 2.09. The first-order valence-electron chi connectivity index (χ1n) is 4.64. The van der Waals surface area contributed by atoms with E-state index < -0.39 is 12.4 Å². The molecule has 0 aliphatic rings. The van der Waals surface area contributed by atoms with Crippen molar-refractivity contribution in [1.82, 2.24) is 9.88 Å². The molecule has 0 spiro atoms. The molecule has 4 nitrogen and oxygen atoms in total. The summed E-state index contributed by atoms with van der Waals surface area (Å²) in [5, 5.41) is 8.63. The Labute approximate surface area is 91.5 Å². The predicted molar refractivity (Wildman–Crippen MR) is 53.5 cm³/mol. The molecule has 88 valence electrons. The first-order chi connectivity index (χ1) is 7.49. The van der Waals surface area contributed by atoms with Crippen LogP contribution in [0, 0.1) is 0 Å². The van der Waals surface area contributed by atoms with E-state index in [2.05, 4.69) is 4.98 Å². The van der Waals surface area contributed by atoms with Crippen LogP contribution in [0.5, 0.6) is 0 Å². The van der Waals surface area contributed by atoms with Crippen LogP contribution < -0.4 is 0 Å². The predicted octanol–water partition coefficient (Wildman–Crippen LogP) is 1.48. The molecule has 1 aromatic rings. The quantitative estimate of drug-likeness (QED) is 0.832. The van der Waals surface area contributed by atoms with Crippen LogP contribution in [0.25, 0.3) is 0 Å². The van der Waals surface area contributed by atoms with Crippen molar-refractivity contribution in [1.29, 1.82) is 0 Å². The summed E-state index contributed by atoms with van der Waals surface area (Å²) < 4.78 is 24.0. The Hall–Kier alpha value is -1.56. The van der Waals surface area contributed by atoms with Gasteiger partial charge in [-0.25, -0.2) is 13.6 Å². The zero-order valence-electron chi connectivity index (χ0n) is 8.73. The largest absolute Gasteiger partial charge is 0.478 e. The number of carboxylic acids is 1. The van der Waals surface area contributed by atoms with Crippen LogP contribution in [0.4, 0.5) is 8.78 Å². The number of aromatic nitrogens is 1. The summed E-state index contributed by atoms with van der Waals surface area (Å²) in [5.41, 5.74) is 0.647. The highest BCUT2D eigenvalue weighted by Crippen LogP contribution is 2.04. The molecule has 0 saturated carbocycles. The standard InChI is InChI=1S/C10H12F2N2O2/c1-14(6-9(11)12)5-8-3-2-7(4-13-8)10(15)16/h2-4,9H,5-6H2,1H3,(H,15,16). The summed E-state index contributed by atoms with van der Waals surface area (Å²) in [5.74, 6) is -1.06. The number of halogens is 2. The first kappa shape index (κ1) is 12.5. The van der Waals surface area contributed by atoms with Gasteiger partial charge in [0.05, 0.1) is 17.8 Å². The topological polar surface area (TPSA) is 53.4 Å². The second kappa shape index (κ2) is 5.50. The third-order valence-electron chi connectivity index (χ3n) is 1.95. The van der Waals surface area contributed by atoms with Gasteiger partial charge in [0.2, 0.25) is 0 Å². The number of hydrogen-bond donors (Lipinski definition) is 1. The molecule has 0 aromatic carbocycles. The SMILES string of the molecule is CN(Cc1ccc(C(=O)O)cn1)CC(F)F. The number of carbonyl (C=O) groups is 1. The van der Waals surface area contributed by atoms with Gasteiger partial charge in [-0.2, -0.15) is 0 Å². The van der Waals surface area contributed by atoms with Gasteiger partial charge in [0.25, 0.3) is 6.43 Å². The van der Waals surface area contributed by atoms with Crippen LogP contribution in [0.15, 0.2) is 18.3 Å². The number of hydrogen-bond acceptors (Lipinski definition) is 3. The molecule has 0 aliphatic heterocycles. The smallest absolute Gasteiger partial charge is 0.337 e. The molecule has 0 atom stereocenters. The van der Waals surface area contributed by atoms with Crippen LogP contribution in [0.3, 0.4) is 0 Å². The van der Waals surface area contributed by atoms with E-state index in [0.29, 0.717) is 5.69 Å². The lowest BCUT2D eigenvalue weighted by Crippen LogP contribution is -2.24. The highest BCUT2D eigenvalue weighted by molar-refractivity contribution is 5.87. The summed E-state index contributed by atoms with van der Waals surface area (Å²) in [6.07, 6.45) is -1.17. The molecular formula is C10H12F2N2O2. The van der Waals surface area contributed by atoms with Gasteiger partial charge in [-0.15, -0.1) is 0 Å². The van der Waals surface area contributed by atoms with E-state index in [9.17, 15) is 13.6 Å². The molecule has 1 aromatic heterocycles. The lowest BCUT2D eigenvalue weighted by atomic mass is 10.2. The lowest BCUT2D eigenvalue weighted by Gasteiger charge is -2.15. The first-order valence-corrected chi connectivity index (χ1v) is 4.64. The molecule has 0 amide bonds. The van der Waals surface area contributed by atoms with Crippen LogP contribution >= 0.6 is 0 Å². The van der Waals surface area contributed by atoms with Crippen molar-refractivity contribution in [3.63, 3.8) is 0 Å². The molecule has 1 heterocycles. The molecule has 16 heavy (non-hydrogen) atoms. The third-order valence-corrected chi connectivity index (χ3v) is 1.95. The van der Waals surface area contributed by atoms with Gasteiger partial charge in [-0.3, -0.25) is 9.88 Å². The van der Waals surface area contributed by atoms with Crippen molar-refractivity contribution >= 4 is 5.97 Å². The molecule has 0 fully saturated rings. The minimum atomic E-state index is -2.39. The molecule has 0 saturated heterocycles. The minimum absolute atomic E-state index is 0.0836. The number of carboxylic acid groups (broad SMARTS) is 1. The van der Waals surface area contributed by atoms with E-state index in [0.717, 1.165) is 0 Å². The zero-order valence-corrected chi connectivity index (χ0v) is 8.73. The van der Waals surface area contributed by atoms with Gasteiger partial charge in [-0.05, 0) is 19.2 Å². The van der Waals surface area contributed by atoms with Crippen LogP contribution in [-0.4, -0.2) is 41.0 Å². The summed E-state index contributed by atoms with van der Waals surface area (Å²) in [4.78, 5) is 15.8. The summed E-state index contributed by atoms with van der Waals surface area (Å²) in [7, 11) is 1.55. The normalized spacial score (nSPS) is 11.1. The zero-order chi connectivity index (χ0) is 12.1. The summed E-state index contributed by atoms with van der Waals surface area (Å²) >= 11 is 0. The van der Waals surface area contributed by atoms with E-state index in [1.807, 2.05) is 0 Å². The van der Waals surface area contributed by atoms with Crippen molar-refractivity contribution in [3.05, 3.63) is 29.6 Å². The fourth-order valence-corrected chi connectivity index (χ4v) is 1.22. The summed E-state index contributed by atoms with van der Waals surface area (Å²) in [6, 6.07) is 2.92. The van der Waals surface area contributed by atoms with Crippen molar-refractivity contribution in [2.45, 2.75) is 13.0 Å². The third kappa shape index (κ3) is 3.90. The van der Waals surface area contributed by atoms with Gasteiger partial charge >= 0.3 is 5.97 Å². The Morgan fingerprint density at radius 3 is 2.69 bits per heavy atom. The summed E-state index contributed by atoms with van der Waals surface area (Å²) in [6.45, 7) is -0.0629. The molecule has 0 aliphatic carbocycles. The van der Waals surface area contributed by atoms with Crippen molar-refractivity contribution in [2.75, 3.05) is 13.6 Å². The molecule has 1 N–H and O–H groups in total. The van der Waals surface area contributed by atoms with Crippen molar-refractivity contribution in [2.24, 2.45) is 0 Å². The lowest BCUT2D eigenvalue weighted by molar-refractivity contribution is 0.0696. The number of pyridine rings is 1. The monoisotopic (exact) mass is 230 g/mol. The van der Waals surface area contributed by atoms with E-state index in [4.69, 9.17) is 5.11 Å². The maximum absolute atomic E-state index is 12.0. The highest BCUT2D eigenvalue weighted by atomic mass is 19.3. The Morgan fingerprint density at radius 1 is 1.56 bits per heavy atom. The Morgan fingerprint density at radius 2 is 2.25 bits per heavy atom. The average molecular weight is 230 g/mol. The van der Waals surface area contributed by atoms with E-state index in [1.165, 1.54) is 23.2 Å². The number of rotatable bonds is 5. The van der Waals surface area contributed by atoms with Crippen molar-refractivity contribution in [3.8, 4) is 0 Å². The van der Waals surface area contributed by atoms with Gasteiger partial charge in [0, 0.05) is 12.7 Å². The van der Waals surface area contributed by atoms with Crippen molar-refractivity contribution < 1.29 is 18.7 Å². The van der Waals surface area contributed by atoms with E-state index >= 15 is 0 Å². The van der Waals surface area contributed by atoms with Gasteiger partial charge in [0.15, 0.2) is 0 Å². The Balaban J connectivity index is 2.58. The maximum Gasteiger partial charge on any atom is 0.337 e. The van der Waals surface area contributed by atoms with Crippen LogP contribution in [0.1, 0.15) is 16.1 Å². The van der Waals surface area contributed by atoms with E-state index in [1.54, 1.807) is 7.05 Å².